The van der Waals surface area contributed by atoms with Crippen molar-refractivity contribution in [2.24, 2.45) is 0 Å². The van der Waals surface area contributed by atoms with Crippen molar-refractivity contribution in [3.8, 4) is 22.8 Å². The molecule has 2 aromatic carbocycles. The SMILES string of the molecule is COc1ccc(NC(=O)COC(=O)CCc2ccc(-c3ccccc3)o2)c(OC)c1. The van der Waals surface area contributed by atoms with Crippen molar-refractivity contribution in [1.29, 1.82) is 0 Å². The number of carbonyl (C=O) groups excluding carboxylic acids is 2. The number of hydrogen-bond donors (Lipinski definition) is 1. The highest BCUT2D eigenvalue weighted by Gasteiger charge is 2.13. The minimum atomic E-state index is -0.482. The smallest absolute Gasteiger partial charge is 0.306 e. The normalized spacial score (nSPS) is 10.3. The molecule has 0 fully saturated rings. The second kappa shape index (κ2) is 10.2. The standard InChI is InChI=1S/C23H23NO6/c1-27-18-8-11-19(21(14-18)28-2)24-22(25)15-29-23(26)13-10-17-9-12-20(30-17)16-6-4-3-5-7-16/h3-9,11-12,14H,10,13,15H2,1-2H3,(H,24,25). The molecule has 3 rings (SSSR count). The summed E-state index contributed by atoms with van der Waals surface area (Å²) in [6, 6.07) is 18.4. The summed E-state index contributed by atoms with van der Waals surface area (Å²) in [5.74, 6) is 1.52. The number of aryl methyl sites for hydroxylation is 1. The molecule has 0 saturated carbocycles. The lowest BCUT2D eigenvalue weighted by Gasteiger charge is -2.11. The second-order valence-corrected chi connectivity index (χ2v) is 6.41. The number of hydrogen-bond acceptors (Lipinski definition) is 6. The Balaban J connectivity index is 1.45. The highest BCUT2D eigenvalue weighted by molar-refractivity contribution is 5.94. The summed E-state index contributed by atoms with van der Waals surface area (Å²) in [6.45, 7) is -0.387. The van der Waals surface area contributed by atoms with Gasteiger partial charge in [-0.15, -0.1) is 0 Å². The molecule has 1 amide bonds. The van der Waals surface area contributed by atoms with Gasteiger partial charge in [0.1, 0.15) is 23.0 Å². The Morgan fingerprint density at radius 1 is 0.967 bits per heavy atom. The molecule has 156 valence electrons. The molecule has 0 saturated heterocycles. The average Bonchev–Trinajstić information content (AvgIpc) is 3.26. The molecule has 1 aromatic heterocycles. The largest absolute Gasteiger partial charge is 0.497 e. The fourth-order valence-corrected chi connectivity index (χ4v) is 2.80. The minimum absolute atomic E-state index is 0.112. The molecule has 1 heterocycles. The average molecular weight is 409 g/mol. The highest BCUT2D eigenvalue weighted by Crippen LogP contribution is 2.29. The zero-order valence-corrected chi connectivity index (χ0v) is 16.8. The summed E-state index contributed by atoms with van der Waals surface area (Å²) >= 11 is 0. The van der Waals surface area contributed by atoms with Gasteiger partial charge in [0, 0.05) is 18.1 Å². The first-order chi connectivity index (χ1) is 14.6. The van der Waals surface area contributed by atoms with Crippen molar-refractivity contribution in [3.05, 3.63) is 66.4 Å². The van der Waals surface area contributed by atoms with Gasteiger partial charge in [-0.2, -0.15) is 0 Å². The molecule has 0 unspecified atom stereocenters. The van der Waals surface area contributed by atoms with Gasteiger partial charge >= 0.3 is 5.97 Å². The molecular formula is C23H23NO6. The Bertz CT molecular complexity index is 996. The first-order valence-electron chi connectivity index (χ1n) is 9.40. The van der Waals surface area contributed by atoms with Crippen LogP contribution >= 0.6 is 0 Å². The number of benzene rings is 2. The first kappa shape index (κ1) is 21.0. The molecule has 0 aliphatic rings. The Labute approximate surface area is 174 Å². The molecule has 0 bridgehead atoms. The van der Waals surface area contributed by atoms with Crippen LogP contribution in [0.25, 0.3) is 11.3 Å². The van der Waals surface area contributed by atoms with Crippen LogP contribution < -0.4 is 14.8 Å². The Morgan fingerprint density at radius 3 is 2.50 bits per heavy atom. The van der Waals surface area contributed by atoms with Crippen molar-refractivity contribution in [2.45, 2.75) is 12.8 Å². The molecular weight excluding hydrogens is 386 g/mol. The molecule has 7 nitrogen and oxygen atoms in total. The summed E-state index contributed by atoms with van der Waals surface area (Å²) in [4.78, 5) is 24.1. The van der Waals surface area contributed by atoms with E-state index in [1.165, 1.54) is 14.2 Å². The molecule has 30 heavy (non-hydrogen) atoms. The van der Waals surface area contributed by atoms with Crippen LogP contribution in [0.2, 0.25) is 0 Å². The van der Waals surface area contributed by atoms with Crippen LogP contribution in [0.1, 0.15) is 12.2 Å². The number of esters is 1. The van der Waals surface area contributed by atoms with Crippen molar-refractivity contribution in [2.75, 3.05) is 26.1 Å². The molecule has 0 atom stereocenters. The van der Waals surface area contributed by atoms with Gasteiger partial charge in [-0.25, -0.2) is 0 Å². The summed E-state index contributed by atoms with van der Waals surface area (Å²) in [7, 11) is 3.03. The topological polar surface area (TPSA) is 87.0 Å². The molecule has 0 radical (unpaired) electrons. The van der Waals surface area contributed by atoms with Crippen molar-refractivity contribution < 1.29 is 28.2 Å². The van der Waals surface area contributed by atoms with E-state index in [9.17, 15) is 9.59 Å². The van der Waals surface area contributed by atoms with Crippen LogP contribution in [0.4, 0.5) is 5.69 Å². The Morgan fingerprint density at radius 2 is 1.77 bits per heavy atom. The molecule has 7 heteroatoms. The monoisotopic (exact) mass is 409 g/mol. The summed E-state index contributed by atoms with van der Waals surface area (Å²) < 4.78 is 21.1. The van der Waals surface area contributed by atoms with Gasteiger partial charge in [0.05, 0.1) is 26.3 Å². The lowest BCUT2D eigenvalue weighted by Crippen LogP contribution is -2.21. The van der Waals surface area contributed by atoms with Gasteiger partial charge in [-0.3, -0.25) is 9.59 Å². The van der Waals surface area contributed by atoms with E-state index < -0.39 is 11.9 Å². The van der Waals surface area contributed by atoms with Crippen LogP contribution in [0, 0.1) is 0 Å². The number of rotatable bonds is 9. The predicted molar refractivity (Wildman–Crippen MR) is 112 cm³/mol. The third kappa shape index (κ3) is 5.64. The molecule has 0 spiro atoms. The third-order valence-electron chi connectivity index (χ3n) is 4.34. The van der Waals surface area contributed by atoms with Crippen LogP contribution in [-0.2, 0) is 20.7 Å². The van der Waals surface area contributed by atoms with E-state index >= 15 is 0 Å². The van der Waals surface area contributed by atoms with E-state index in [-0.39, 0.29) is 13.0 Å². The number of methoxy groups -OCH3 is 2. The second-order valence-electron chi connectivity index (χ2n) is 6.41. The Hall–Kier alpha value is -3.74. The zero-order valence-electron chi connectivity index (χ0n) is 16.8. The van der Waals surface area contributed by atoms with Crippen molar-refractivity contribution in [1.82, 2.24) is 0 Å². The zero-order chi connectivity index (χ0) is 21.3. The van der Waals surface area contributed by atoms with Crippen LogP contribution in [0.3, 0.4) is 0 Å². The van der Waals surface area contributed by atoms with Crippen molar-refractivity contribution in [3.63, 3.8) is 0 Å². The van der Waals surface area contributed by atoms with Gasteiger partial charge < -0.3 is 23.9 Å². The number of ether oxygens (including phenoxy) is 3. The first-order valence-corrected chi connectivity index (χ1v) is 9.40. The van der Waals surface area contributed by atoms with Crippen molar-refractivity contribution >= 4 is 17.6 Å². The van der Waals surface area contributed by atoms with E-state index in [1.807, 2.05) is 42.5 Å². The number of amides is 1. The summed E-state index contributed by atoms with van der Waals surface area (Å²) in [6.07, 6.45) is 0.500. The highest BCUT2D eigenvalue weighted by atomic mass is 16.5. The van der Waals surface area contributed by atoms with E-state index in [0.717, 1.165) is 11.3 Å². The molecule has 1 N–H and O–H groups in total. The molecule has 0 aliphatic carbocycles. The number of nitrogens with one attached hydrogen (secondary N) is 1. The fraction of sp³-hybridized carbons (Fsp3) is 0.217. The number of carbonyl (C=O) groups is 2. The maximum atomic E-state index is 12.1. The number of furan rings is 1. The lowest BCUT2D eigenvalue weighted by atomic mass is 10.2. The van der Waals surface area contributed by atoms with Crippen LogP contribution in [0.15, 0.2) is 65.1 Å². The Kier molecular flexibility index (Phi) is 7.10. The number of anilines is 1. The van der Waals surface area contributed by atoms with E-state index in [2.05, 4.69) is 5.32 Å². The van der Waals surface area contributed by atoms with Gasteiger partial charge in [0.2, 0.25) is 0 Å². The van der Waals surface area contributed by atoms with E-state index in [4.69, 9.17) is 18.6 Å². The van der Waals surface area contributed by atoms with Gasteiger partial charge in [0.15, 0.2) is 6.61 Å². The van der Waals surface area contributed by atoms with E-state index in [1.54, 1.807) is 18.2 Å². The van der Waals surface area contributed by atoms with Crippen LogP contribution in [-0.4, -0.2) is 32.7 Å². The van der Waals surface area contributed by atoms with Gasteiger partial charge in [-0.1, -0.05) is 30.3 Å². The third-order valence-corrected chi connectivity index (χ3v) is 4.34. The lowest BCUT2D eigenvalue weighted by molar-refractivity contribution is -0.147. The van der Waals surface area contributed by atoms with Gasteiger partial charge in [-0.05, 0) is 24.3 Å². The fourth-order valence-electron chi connectivity index (χ4n) is 2.80. The van der Waals surface area contributed by atoms with Gasteiger partial charge in [0.25, 0.3) is 5.91 Å². The minimum Gasteiger partial charge on any atom is -0.497 e. The summed E-state index contributed by atoms with van der Waals surface area (Å²) in [5, 5.41) is 2.65. The quantitative estimate of drug-likeness (QED) is 0.536. The van der Waals surface area contributed by atoms with E-state index in [0.29, 0.717) is 29.4 Å². The van der Waals surface area contributed by atoms with Crippen LogP contribution in [0.5, 0.6) is 11.5 Å². The maximum Gasteiger partial charge on any atom is 0.306 e. The predicted octanol–water partition coefficient (Wildman–Crippen LogP) is 4.08. The molecule has 3 aromatic rings. The molecule has 0 aliphatic heterocycles. The maximum absolute atomic E-state index is 12.1. The summed E-state index contributed by atoms with van der Waals surface area (Å²) in [5.41, 5.74) is 1.43.